The van der Waals surface area contributed by atoms with E-state index < -0.39 is 10.0 Å². The number of carbonyl (C=O) groups excluding carboxylic acids is 1. The van der Waals surface area contributed by atoms with E-state index in [2.05, 4.69) is 5.32 Å². The Bertz CT molecular complexity index is 1070. The van der Waals surface area contributed by atoms with Gasteiger partial charge in [0.05, 0.1) is 10.9 Å². The molecule has 1 N–H and O–H groups in total. The fraction of sp³-hybridized carbons (Fsp3) is 0.409. The van der Waals surface area contributed by atoms with Gasteiger partial charge in [0.2, 0.25) is 15.9 Å². The van der Waals surface area contributed by atoms with Crippen molar-refractivity contribution >= 4 is 27.5 Å². The van der Waals surface area contributed by atoms with Crippen molar-refractivity contribution in [2.75, 3.05) is 26.3 Å². The average Bonchev–Trinajstić information content (AvgIpc) is 2.78. The Morgan fingerprint density at radius 3 is 2.52 bits per heavy atom. The molecular formula is C22H25ClN2O5S. The number of fused-ring (bicyclic) bond motifs is 1. The van der Waals surface area contributed by atoms with E-state index in [0.29, 0.717) is 55.7 Å². The SMILES string of the molecule is C[C@@H](NC(=O)C1CCN(S(=O)(=O)c2ccc3c(c2)OCCO3)CC1)c1cccc(Cl)c1. The molecular weight excluding hydrogens is 440 g/mol. The minimum Gasteiger partial charge on any atom is -0.486 e. The Kier molecular flexibility index (Phi) is 6.41. The van der Waals surface area contributed by atoms with Crippen molar-refractivity contribution in [2.24, 2.45) is 5.92 Å². The van der Waals surface area contributed by atoms with Crippen molar-refractivity contribution < 1.29 is 22.7 Å². The molecule has 0 spiro atoms. The van der Waals surface area contributed by atoms with Gasteiger partial charge in [-0.3, -0.25) is 4.79 Å². The molecule has 7 nitrogen and oxygen atoms in total. The Balaban J connectivity index is 1.37. The maximum absolute atomic E-state index is 13.1. The van der Waals surface area contributed by atoms with Gasteiger partial charge < -0.3 is 14.8 Å². The molecule has 2 aliphatic rings. The van der Waals surface area contributed by atoms with Crippen LogP contribution in [0.4, 0.5) is 0 Å². The number of nitrogens with zero attached hydrogens (tertiary/aromatic N) is 1. The first-order chi connectivity index (χ1) is 14.8. The molecule has 4 rings (SSSR count). The molecule has 0 unspecified atom stereocenters. The number of piperidine rings is 1. The second-order valence-electron chi connectivity index (χ2n) is 7.77. The normalized spacial score (nSPS) is 18.4. The number of benzene rings is 2. The molecule has 9 heteroatoms. The number of sulfonamides is 1. The summed E-state index contributed by atoms with van der Waals surface area (Å²) in [4.78, 5) is 12.9. The van der Waals surface area contributed by atoms with Gasteiger partial charge in [-0.15, -0.1) is 0 Å². The van der Waals surface area contributed by atoms with E-state index in [-0.39, 0.29) is 22.8 Å². The van der Waals surface area contributed by atoms with Gasteiger partial charge in [0.1, 0.15) is 13.2 Å². The lowest BCUT2D eigenvalue weighted by molar-refractivity contribution is -0.126. The second kappa shape index (κ2) is 9.06. The maximum Gasteiger partial charge on any atom is 0.243 e. The van der Waals surface area contributed by atoms with Crippen LogP contribution in [0, 0.1) is 5.92 Å². The fourth-order valence-corrected chi connectivity index (χ4v) is 5.57. The standard InChI is InChI=1S/C22H25ClN2O5S/c1-15(17-3-2-4-18(23)13-17)24-22(26)16-7-9-25(10-8-16)31(27,28)19-5-6-20-21(14-19)30-12-11-29-20/h2-6,13-16H,7-12H2,1H3,(H,24,26)/t15-/m1/s1. The molecule has 0 aromatic heterocycles. The Labute approximate surface area is 187 Å². The highest BCUT2D eigenvalue weighted by molar-refractivity contribution is 7.89. The third kappa shape index (κ3) is 4.81. The highest BCUT2D eigenvalue weighted by Gasteiger charge is 2.33. The number of ether oxygens (including phenoxy) is 2. The first-order valence-electron chi connectivity index (χ1n) is 10.3. The number of halogens is 1. The van der Waals surface area contributed by atoms with E-state index in [1.165, 1.54) is 16.4 Å². The topological polar surface area (TPSA) is 84.9 Å². The number of rotatable bonds is 5. The van der Waals surface area contributed by atoms with Crippen LogP contribution in [0.5, 0.6) is 11.5 Å². The molecule has 2 aromatic rings. The van der Waals surface area contributed by atoms with E-state index in [4.69, 9.17) is 21.1 Å². The molecule has 2 heterocycles. The van der Waals surface area contributed by atoms with Crippen LogP contribution in [0.1, 0.15) is 31.4 Å². The highest BCUT2D eigenvalue weighted by Crippen LogP contribution is 2.34. The molecule has 2 aromatic carbocycles. The molecule has 0 aliphatic carbocycles. The summed E-state index contributed by atoms with van der Waals surface area (Å²) < 4.78 is 38.5. The largest absolute Gasteiger partial charge is 0.486 e. The van der Waals surface area contributed by atoms with E-state index in [0.717, 1.165) is 5.56 Å². The van der Waals surface area contributed by atoms with Crippen molar-refractivity contribution in [1.82, 2.24) is 9.62 Å². The van der Waals surface area contributed by atoms with Crippen molar-refractivity contribution in [2.45, 2.75) is 30.7 Å². The predicted octanol–water partition coefficient (Wildman–Crippen LogP) is 3.39. The number of hydrogen-bond acceptors (Lipinski definition) is 5. The summed E-state index contributed by atoms with van der Waals surface area (Å²) in [6.45, 7) is 3.33. The smallest absolute Gasteiger partial charge is 0.243 e. The van der Waals surface area contributed by atoms with Gasteiger partial charge >= 0.3 is 0 Å². The van der Waals surface area contributed by atoms with Gasteiger partial charge in [0.15, 0.2) is 11.5 Å². The van der Waals surface area contributed by atoms with Crippen LogP contribution in [-0.4, -0.2) is 44.9 Å². The Morgan fingerprint density at radius 1 is 1.10 bits per heavy atom. The molecule has 1 fully saturated rings. The molecule has 2 aliphatic heterocycles. The monoisotopic (exact) mass is 464 g/mol. The van der Waals surface area contributed by atoms with Crippen LogP contribution in [0.15, 0.2) is 47.4 Å². The van der Waals surface area contributed by atoms with Crippen molar-refractivity contribution in [3.05, 3.63) is 53.1 Å². The third-order valence-electron chi connectivity index (χ3n) is 5.68. The minimum atomic E-state index is -3.66. The maximum atomic E-state index is 13.1. The number of carbonyl (C=O) groups is 1. The van der Waals surface area contributed by atoms with Crippen LogP contribution in [0.25, 0.3) is 0 Å². The Morgan fingerprint density at radius 2 is 1.81 bits per heavy atom. The highest BCUT2D eigenvalue weighted by atomic mass is 35.5. The zero-order valence-electron chi connectivity index (χ0n) is 17.2. The zero-order valence-corrected chi connectivity index (χ0v) is 18.8. The van der Waals surface area contributed by atoms with Crippen molar-refractivity contribution in [3.63, 3.8) is 0 Å². The molecule has 31 heavy (non-hydrogen) atoms. The summed E-state index contributed by atoms with van der Waals surface area (Å²) >= 11 is 6.03. The first kappa shape index (κ1) is 21.9. The van der Waals surface area contributed by atoms with Crippen molar-refractivity contribution in [1.29, 1.82) is 0 Å². The number of amides is 1. The summed E-state index contributed by atoms with van der Waals surface area (Å²) in [5.74, 6) is 0.697. The molecule has 0 bridgehead atoms. The summed E-state index contributed by atoms with van der Waals surface area (Å²) in [5, 5.41) is 3.64. The third-order valence-corrected chi connectivity index (χ3v) is 7.81. The van der Waals surface area contributed by atoms with Crippen LogP contribution in [0.2, 0.25) is 5.02 Å². The lowest BCUT2D eigenvalue weighted by Gasteiger charge is -2.31. The van der Waals surface area contributed by atoms with E-state index in [1.54, 1.807) is 12.1 Å². The average molecular weight is 465 g/mol. The van der Waals surface area contributed by atoms with Gasteiger partial charge in [-0.05, 0) is 49.6 Å². The van der Waals surface area contributed by atoms with Crippen LogP contribution < -0.4 is 14.8 Å². The predicted molar refractivity (Wildman–Crippen MR) is 117 cm³/mol. The molecule has 0 radical (unpaired) electrons. The molecule has 0 saturated carbocycles. The van der Waals surface area contributed by atoms with Crippen molar-refractivity contribution in [3.8, 4) is 11.5 Å². The van der Waals surface area contributed by atoms with Gasteiger partial charge in [-0.1, -0.05) is 23.7 Å². The summed E-state index contributed by atoms with van der Waals surface area (Å²) in [6, 6.07) is 11.9. The van der Waals surface area contributed by atoms with E-state index in [9.17, 15) is 13.2 Å². The van der Waals surface area contributed by atoms with Crippen LogP contribution >= 0.6 is 11.6 Å². The molecule has 1 amide bonds. The molecule has 1 atom stereocenters. The first-order valence-corrected chi connectivity index (χ1v) is 12.1. The number of nitrogens with one attached hydrogen (secondary N) is 1. The quantitative estimate of drug-likeness (QED) is 0.733. The fourth-order valence-electron chi connectivity index (χ4n) is 3.88. The van der Waals surface area contributed by atoms with Crippen LogP contribution in [-0.2, 0) is 14.8 Å². The molecule has 1 saturated heterocycles. The van der Waals surface area contributed by atoms with E-state index >= 15 is 0 Å². The lowest BCUT2D eigenvalue weighted by Crippen LogP contribution is -2.43. The van der Waals surface area contributed by atoms with Gasteiger partial charge in [0.25, 0.3) is 0 Å². The summed E-state index contributed by atoms with van der Waals surface area (Å²) in [6.07, 6.45) is 0.940. The molecule has 166 valence electrons. The lowest BCUT2D eigenvalue weighted by atomic mass is 9.96. The van der Waals surface area contributed by atoms with E-state index in [1.807, 2.05) is 25.1 Å². The minimum absolute atomic E-state index is 0.0659. The van der Waals surface area contributed by atoms with Crippen LogP contribution in [0.3, 0.4) is 0 Å². The van der Waals surface area contributed by atoms with Gasteiger partial charge in [-0.25, -0.2) is 8.42 Å². The summed E-state index contributed by atoms with van der Waals surface area (Å²) in [7, 11) is -3.66. The van der Waals surface area contributed by atoms with Gasteiger partial charge in [-0.2, -0.15) is 4.31 Å². The Hall–Kier alpha value is -2.29. The summed E-state index contributed by atoms with van der Waals surface area (Å²) in [5.41, 5.74) is 0.930. The van der Waals surface area contributed by atoms with Gasteiger partial charge in [0, 0.05) is 30.1 Å². The zero-order chi connectivity index (χ0) is 22.0. The number of hydrogen-bond donors (Lipinski definition) is 1. The second-order valence-corrected chi connectivity index (χ2v) is 10.1.